The Kier molecular flexibility index (Phi) is 5.46. The van der Waals surface area contributed by atoms with Crippen LogP contribution in [0.2, 0.25) is 0 Å². The van der Waals surface area contributed by atoms with Crippen LogP contribution < -0.4 is 10.3 Å². The van der Waals surface area contributed by atoms with E-state index in [9.17, 15) is 24.8 Å². The molecule has 1 N–H and O–H groups in total. The summed E-state index contributed by atoms with van der Waals surface area (Å²) >= 11 is 1.31. The predicted octanol–water partition coefficient (Wildman–Crippen LogP) is 4.44. The number of nitrogens with zero attached hydrogens (tertiary/aromatic N) is 4. The Morgan fingerprint density at radius 1 is 1.22 bits per heavy atom. The van der Waals surface area contributed by atoms with Crippen molar-refractivity contribution in [2.24, 2.45) is 0 Å². The van der Waals surface area contributed by atoms with Gasteiger partial charge in [0.25, 0.3) is 5.69 Å². The van der Waals surface area contributed by atoms with E-state index in [2.05, 4.69) is 4.90 Å². The van der Waals surface area contributed by atoms with E-state index in [1.54, 1.807) is 22.8 Å². The van der Waals surface area contributed by atoms with Crippen LogP contribution in [-0.2, 0) is 6.54 Å². The SMILES string of the molecule is CC1Sc2c(C(=O)O)c(=O)c3cc(F)c(N4CCN(Cc5cc6cc([N+](=O)[O-])ccc6o5)CC4)cc3n21. The first-order valence-electron chi connectivity index (χ1n) is 11.7. The number of pyridine rings is 1. The van der Waals surface area contributed by atoms with Gasteiger partial charge in [0.1, 0.15) is 22.7 Å². The van der Waals surface area contributed by atoms with Crippen LogP contribution in [-0.4, -0.2) is 51.6 Å². The fourth-order valence-corrected chi connectivity index (χ4v) is 6.27. The summed E-state index contributed by atoms with van der Waals surface area (Å²) in [7, 11) is 0. The Bertz CT molecular complexity index is 1670. The number of rotatable bonds is 5. The number of aromatic nitrogens is 1. The zero-order valence-corrected chi connectivity index (χ0v) is 20.5. The molecule has 0 saturated carbocycles. The number of fused-ring (bicyclic) bond motifs is 4. The number of carboxylic acid groups (broad SMARTS) is 1. The highest BCUT2D eigenvalue weighted by molar-refractivity contribution is 8.00. The largest absolute Gasteiger partial charge is 0.477 e. The highest BCUT2D eigenvalue weighted by Gasteiger charge is 2.33. The lowest BCUT2D eigenvalue weighted by atomic mass is 10.1. The molecule has 0 amide bonds. The van der Waals surface area contributed by atoms with Gasteiger partial charge in [-0.15, -0.1) is 0 Å². The van der Waals surface area contributed by atoms with Crippen molar-refractivity contribution in [2.45, 2.75) is 23.9 Å². The molecule has 2 aromatic heterocycles. The molecule has 0 bridgehead atoms. The van der Waals surface area contributed by atoms with E-state index in [1.165, 1.54) is 23.9 Å². The van der Waals surface area contributed by atoms with Crippen molar-refractivity contribution in [3.05, 3.63) is 73.9 Å². The van der Waals surface area contributed by atoms with Crippen molar-refractivity contribution in [1.29, 1.82) is 0 Å². The van der Waals surface area contributed by atoms with E-state index < -0.39 is 22.1 Å². The van der Waals surface area contributed by atoms with Crippen LogP contribution in [0.25, 0.3) is 21.9 Å². The molecule has 2 aliphatic rings. The van der Waals surface area contributed by atoms with Gasteiger partial charge >= 0.3 is 5.97 Å². The smallest absolute Gasteiger partial charge is 0.342 e. The van der Waals surface area contributed by atoms with E-state index in [0.29, 0.717) is 65.7 Å². The molecule has 4 heterocycles. The lowest BCUT2D eigenvalue weighted by Gasteiger charge is -2.37. The highest BCUT2D eigenvalue weighted by Crippen LogP contribution is 2.46. The van der Waals surface area contributed by atoms with Gasteiger partial charge in [0.2, 0.25) is 5.43 Å². The number of carboxylic acids is 1. The summed E-state index contributed by atoms with van der Waals surface area (Å²) in [5, 5.41) is 21.6. The normalized spacial score (nSPS) is 17.7. The first-order chi connectivity index (χ1) is 17.7. The van der Waals surface area contributed by atoms with Gasteiger partial charge in [-0.25, -0.2) is 9.18 Å². The third-order valence-corrected chi connectivity index (χ3v) is 8.12. The van der Waals surface area contributed by atoms with Crippen LogP contribution in [0.4, 0.5) is 15.8 Å². The maximum atomic E-state index is 15.2. The van der Waals surface area contributed by atoms with Crippen molar-refractivity contribution in [2.75, 3.05) is 31.1 Å². The second kappa shape index (κ2) is 8.60. The average Bonchev–Trinajstić information content (AvgIpc) is 3.25. The van der Waals surface area contributed by atoms with Crippen molar-refractivity contribution in [3.63, 3.8) is 0 Å². The number of hydrogen-bond acceptors (Lipinski definition) is 8. The number of non-ortho nitro benzene ring substituents is 1. The summed E-state index contributed by atoms with van der Waals surface area (Å²) < 4.78 is 22.8. The minimum atomic E-state index is -1.31. The van der Waals surface area contributed by atoms with Crippen LogP contribution >= 0.6 is 11.8 Å². The summed E-state index contributed by atoms with van der Waals surface area (Å²) in [4.78, 5) is 39.2. The summed E-state index contributed by atoms with van der Waals surface area (Å²) in [6.07, 6.45) is 0. The van der Waals surface area contributed by atoms with E-state index >= 15 is 4.39 Å². The molecule has 2 aromatic carbocycles. The van der Waals surface area contributed by atoms with E-state index in [0.717, 1.165) is 6.07 Å². The van der Waals surface area contributed by atoms with Crippen molar-refractivity contribution in [3.8, 4) is 0 Å². The minimum absolute atomic E-state index is 0.00949. The summed E-state index contributed by atoms with van der Waals surface area (Å²) in [5.41, 5.74) is 0.532. The lowest BCUT2D eigenvalue weighted by Crippen LogP contribution is -2.46. The van der Waals surface area contributed by atoms with Crippen LogP contribution in [0.5, 0.6) is 0 Å². The van der Waals surface area contributed by atoms with Gasteiger partial charge in [0, 0.05) is 49.1 Å². The van der Waals surface area contributed by atoms with E-state index in [4.69, 9.17) is 4.42 Å². The van der Waals surface area contributed by atoms with Gasteiger partial charge in [-0.1, -0.05) is 11.8 Å². The quantitative estimate of drug-likeness (QED) is 0.298. The number of halogens is 1. The number of anilines is 1. The van der Waals surface area contributed by atoms with Crippen molar-refractivity contribution in [1.82, 2.24) is 9.47 Å². The fourth-order valence-electron chi connectivity index (χ4n) is 5.11. The van der Waals surface area contributed by atoms with Gasteiger partial charge in [0.05, 0.1) is 33.1 Å². The first kappa shape index (κ1) is 23.5. The second-order valence-corrected chi connectivity index (χ2v) is 10.5. The van der Waals surface area contributed by atoms with Crippen molar-refractivity contribution < 1.29 is 23.6 Å². The standard InChI is InChI=1S/C25H21FN4O6S/c1-13-29-19-11-20(18(26)10-17(19)23(31)22(25(32)33)24(29)37-13)28-6-4-27(5-7-28)12-16-9-14-8-15(30(34)35)2-3-21(14)36-16/h2-3,8-11,13H,4-7,12H2,1H3,(H,32,33). The summed E-state index contributed by atoms with van der Waals surface area (Å²) in [5.74, 6) is -1.17. The molecule has 37 heavy (non-hydrogen) atoms. The molecular weight excluding hydrogens is 503 g/mol. The van der Waals surface area contributed by atoms with E-state index in [-0.39, 0.29) is 22.0 Å². The van der Waals surface area contributed by atoms with Gasteiger partial charge in [-0.2, -0.15) is 0 Å². The minimum Gasteiger partial charge on any atom is -0.477 e. The maximum Gasteiger partial charge on any atom is 0.342 e. The predicted molar refractivity (Wildman–Crippen MR) is 136 cm³/mol. The van der Waals surface area contributed by atoms with Gasteiger partial charge in [0.15, 0.2) is 0 Å². The van der Waals surface area contributed by atoms with Crippen molar-refractivity contribution >= 4 is 51.0 Å². The van der Waals surface area contributed by atoms with E-state index in [1.807, 2.05) is 11.8 Å². The summed E-state index contributed by atoms with van der Waals surface area (Å²) in [6, 6.07) is 9.10. The molecule has 4 aromatic rings. The molecule has 12 heteroatoms. The topological polar surface area (TPSA) is 122 Å². The second-order valence-electron chi connectivity index (χ2n) is 9.18. The molecule has 0 spiro atoms. The fraction of sp³-hybridized carbons (Fsp3) is 0.280. The molecule has 0 radical (unpaired) electrons. The molecule has 6 rings (SSSR count). The molecule has 10 nitrogen and oxygen atoms in total. The monoisotopic (exact) mass is 524 g/mol. The van der Waals surface area contributed by atoms with Gasteiger partial charge in [-0.05, 0) is 31.2 Å². The number of thioether (sulfide) groups is 1. The van der Waals surface area contributed by atoms with Crippen LogP contribution in [0.3, 0.4) is 0 Å². The molecule has 0 aliphatic carbocycles. The molecule has 1 fully saturated rings. The molecule has 190 valence electrons. The number of piperazine rings is 1. The molecule has 1 unspecified atom stereocenters. The Morgan fingerprint density at radius 2 is 1.97 bits per heavy atom. The number of furan rings is 1. The van der Waals surface area contributed by atoms with Gasteiger partial charge < -0.3 is 19.0 Å². The Labute approximate surface area is 213 Å². The number of hydrogen-bond donors (Lipinski definition) is 1. The third-order valence-electron chi connectivity index (χ3n) is 6.94. The number of benzene rings is 2. The zero-order chi connectivity index (χ0) is 26.0. The molecule has 2 aliphatic heterocycles. The van der Waals surface area contributed by atoms with Crippen LogP contribution in [0, 0.1) is 15.9 Å². The van der Waals surface area contributed by atoms with Crippen LogP contribution in [0.1, 0.15) is 28.4 Å². The highest BCUT2D eigenvalue weighted by atomic mass is 32.2. The Morgan fingerprint density at radius 3 is 2.65 bits per heavy atom. The average molecular weight is 525 g/mol. The number of carbonyl (C=O) groups is 1. The molecular formula is C25H21FN4O6S. The summed E-state index contributed by atoms with van der Waals surface area (Å²) in [6.45, 7) is 4.79. The van der Waals surface area contributed by atoms with Crippen LogP contribution in [0.15, 0.2) is 50.6 Å². The third kappa shape index (κ3) is 3.83. The lowest BCUT2D eigenvalue weighted by molar-refractivity contribution is -0.384. The number of aromatic carboxylic acids is 1. The maximum absolute atomic E-state index is 15.2. The number of nitro groups is 1. The van der Waals surface area contributed by atoms with Gasteiger partial charge in [-0.3, -0.25) is 19.8 Å². The Hall–Kier alpha value is -3.90. The molecule has 1 saturated heterocycles. The number of nitro benzene ring substituents is 1. The molecule has 1 atom stereocenters. The zero-order valence-electron chi connectivity index (χ0n) is 19.6. The Balaban J connectivity index is 1.23. The first-order valence-corrected chi connectivity index (χ1v) is 12.5.